The van der Waals surface area contributed by atoms with E-state index >= 15 is 0 Å². The maximum atomic E-state index is 13.0. The van der Waals surface area contributed by atoms with Gasteiger partial charge < -0.3 is 16.4 Å². The van der Waals surface area contributed by atoms with Gasteiger partial charge >= 0.3 is 0 Å². The first-order valence-corrected chi connectivity index (χ1v) is 8.29. The molecule has 0 saturated carbocycles. The minimum absolute atomic E-state index is 0.146. The third-order valence-electron chi connectivity index (χ3n) is 5.53. The van der Waals surface area contributed by atoms with Crippen LogP contribution in [0.1, 0.15) is 24.8 Å². The van der Waals surface area contributed by atoms with Crippen molar-refractivity contribution in [3.8, 4) is 0 Å². The third kappa shape index (κ3) is 1.91. The summed E-state index contributed by atoms with van der Waals surface area (Å²) in [6.45, 7) is 0.589. The maximum absolute atomic E-state index is 13.0. The number of nitrogens with two attached hydrogens (primary N) is 1. The molecule has 3 aliphatic heterocycles. The molecule has 1 aromatic rings. The van der Waals surface area contributed by atoms with E-state index in [-0.39, 0.29) is 24.4 Å². The monoisotopic (exact) mass is 328 g/mol. The molecule has 1 aromatic carbocycles. The lowest BCUT2D eigenvalue weighted by molar-refractivity contribution is -0.138. The number of amides is 3. The highest BCUT2D eigenvalue weighted by Crippen LogP contribution is 2.55. The first-order chi connectivity index (χ1) is 11.5. The van der Waals surface area contributed by atoms with Crippen LogP contribution in [0.2, 0.25) is 0 Å². The number of para-hydroxylation sites is 1. The fourth-order valence-corrected chi connectivity index (χ4v) is 4.68. The van der Waals surface area contributed by atoms with Gasteiger partial charge in [0.2, 0.25) is 17.7 Å². The summed E-state index contributed by atoms with van der Waals surface area (Å²) in [5.41, 5.74) is 5.79. The summed E-state index contributed by atoms with van der Waals surface area (Å²) in [5, 5.41) is 5.54. The van der Waals surface area contributed by atoms with Crippen LogP contribution in [0.4, 0.5) is 5.69 Å². The van der Waals surface area contributed by atoms with Crippen LogP contribution in [0.15, 0.2) is 24.3 Å². The Kier molecular flexibility index (Phi) is 3.35. The van der Waals surface area contributed by atoms with Gasteiger partial charge in [0.05, 0.1) is 12.5 Å². The number of nitrogens with zero attached hydrogens (tertiary/aromatic N) is 1. The molecule has 2 saturated heterocycles. The number of benzene rings is 1. The van der Waals surface area contributed by atoms with E-state index in [0.29, 0.717) is 6.42 Å². The molecule has 1 spiro atoms. The predicted octanol–water partition coefficient (Wildman–Crippen LogP) is -0.0802. The maximum Gasteiger partial charge on any atom is 0.250 e. The van der Waals surface area contributed by atoms with Crippen molar-refractivity contribution in [3.63, 3.8) is 0 Å². The van der Waals surface area contributed by atoms with E-state index in [4.69, 9.17) is 5.73 Å². The van der Waals surface area contributed by atoms with Crippen LogP contribution >= 0.6 is 0 Å². The second kappa shape index (κ2) is 5.31. The summed E-state index contributed by atoms with van der Waals surface area (Å²) in [4.78, 5) is 39.0. The molecule has 3 aliphatic rings. The SMILES string of the molecule is NC(=O)CNC(=O)[C@@H]1C[C@H]2CCCN2[C@]12C(=O)Nc1ccccc12. The molecule has 0 aliphatic carbocycles. The molecule has 126 valence electrons. The van der Waals surface area contributed by atoms with Crippen molar-refractivity contribution in [2.24, 2.45) is 11.7 Å². The first-order valence-electron chi connectivity index (χ1n) is 8.29. The number of hydrogen-bond donors (Lipinski definition) is 3. The molecule has 0 bridgehead atoms. The van der Waals surface area contributed by atoms with Gasteiger partial charge in [-0.1, -0.05) is 18.2 Å². The third-order valence-corrected chi connectivity index (χ3v) is 5.53. The normalized spacial score (nSPS) is 30.9. The number of primary amides is 1. The summed E-state index contributed by atoms with van der Waals surface area (Å²) < 4.78 is 0. The zero-order valence-corrected chi connectivity index (χ0v) is 13.2. The Hall–Kier alpha value is -2.41. The van der Waals surface area contributed by atoms with Crippen LogP contribution < -0.4 is 16.4 Å². The van der Waals surface area contributed by atoms with E-state index in [1.165, 1.54) is 0 Å². The fraction of sp³-hybridized carbons (Fsp3) is 0.471. The summed E-state index contributed by atoms with van der Waals surface area (Å²) in [7, 11) is 0. The number of carbonyl (C=O) groups is 3. The number of hydrogen-bond acceptors (Lipinski definition) is 4. The van der Waals surface area contributed by atoms with Gasteiger partial charge in [0.15, 0.2) is 0 Å². The van der Waals surface area contributed by atoms with Gasteiger partial charge in [0.1, 0.15) is 5.54 Å². The van der Waals surface area contributed by atoms with Crippen LogP contribution in [0, 0.1) is 5.92 Å². The van der Waals surface area contributed by atoms with Gasteiger partial charge in [-0.05, 0) is 31.9 Å². The Morgan fingerprint density at radius 2 is 2.17 bits per heavy atom. The molecule has 2 fully saturated rings. The lowest BCUT2D eigenvalue weighted by atomic mass is 9.78. The molecule has 4 N–H and O–H groups in total. The second-order valence-corrected chi connectivity index (χ2v) is 6.73. The second-order valence-electron chi connectivity index (χ2n) is 6.73. The topological polar surface area (TPSA) is 105 Å². The van der Waals surface area contributed by atoms with Crippen LogP contribution in [0.3, 0.4) is 0 Å². The summed E-state index contributed by atoms with van der Waals surface area (Å²) in [6, 6.07) is 7.76. The van der Waals surface area contributed by atoms with Crippen molar-refractivity contribution in [2.75, 3.05) is 18.4 Å². The van der Waals surface area contributed by atoms with E-state index in [0.717, 1.165) is 30.6 Å². The van der Waals surface area contributed by atoms with Gasteiger partial charge in [-0.25, -0.2) is 0 Å². The Morgan fingerprint density at radius 3 is 2.96 bits per heavy atom. The minimum atomic E-state index is -0.973. The molecule has 4 rings (SSSR count). The van der Waals surface area contributed by atoms with Crippen molar-refractivity contribution in [1.82, 2.24) is 10.2 Å². The van der Waals surface area contributed by atoms with Gasteiger partial charge in [-0.2, -0.15) is 0 Å². The van der Waals surface area contributed by atoms with Crippen molar-refractivity contribution >= 4 is 23.4 Å². The molecule has 0 aromatic heterocycles. The molecule has 7 heteroatoms. The van der Waals surface area contributed by atoms with E-state index < -0.39 is 17.4 Å². The zero-order valence-electron chi connectivity index (χ0n) is 13.2. The summed E-state index contributed by atoms with van der Waals surface area (Å²) >= 11 is 0. The zero-order chi connectivity index (χ0) is 16.9. The van der Waals surface area contributed by atoms with Crippen LogP contribution in [0.5, 0.6) is 0 Å². The number of fused-ring (bicyclic) bond motifs is 4. The number of nitrogens with one attached hydrogen (secondary N) is 2. The van der Waals surface area contributed by atoms with Crippen LogP contribution in [-0.4, -0.2) is 41.8 Å². The number of carbonyl (C=O) groups excluding carboxylic acids is 3. The molecular weight excluding hydrogens is 308 g/mol. The minimum Gasteiger partial charge on any atom is -0.368 e. The van der Waals surface area contributed by atoms with Crippen molar-refractivity contribution in [2.45, 2.75) is 30.8 Å². The highest BCUT2D eigenvalue weighted by atomic mass is 16.2. The van der Waals surface area contributed by atoms with Crippen LogP contribution in [0.25, 0.3) is 0 Å². The van der Waals surface area contributed by atoms with Gasteiger partial charge in [0, 0.05) is 17.3 Å². The lowest BCUT2D eigenvalue weighted by Crippen LogP contribution is -2.54. The van der Waals surface area contributed by atoms with E-state index in [1.54, 1.807) is 0 Å². The number of rotatable bonds is 3. The van der Waals surface area contributed by atoms with Gasteiger partial charge in [-0.15, -0.1) is 0 Å². The van der Waals surface area contributed by atoms with Gasteiger partial charge in [-0.3, -0.25) is 19.3 Å². The Bertz CT molecular complexity index is 734. The smallest absolute Gasteiger partial charge is 0.250 e. The first kappa shape index (κ1) is 15.1. The molecule has 0 radical (unpaired) electrons. The molecule has 3 heterocycles. The molecule has 3 amide bonds. The number of anilines is 1. The highest BCUT2D eigenvalue weighted by Gasteiger charge is 2.65. The van der Waals surface area contributed by atoms with E-state index in [9.17, 15) is 14.4 Å². The predicted molar refractivity (Wildman–Crippen MR) is 86.8 cm³/mol. The molecule has 3 atom stereocenters. The molecular formula is C17H20N4O3. The summed E-state index contributed by atoms with van der Waals surface area (Å²) in [6.07, 6.45) is 2.63. The van der Waals surface area contributed by atoms with Crippen LogP contribution in [-0.2, 0) is 19.9 Å². The summed E-state index contributed by atoms with van der Waals surface area (Å²) in [5.74, 6) is -1.54. The van der Waals surface area contributed by atoms with Crippen molar-refractivity contribution in [3.05, 3.63) is 29.8 Å². The highest BCUT2D eigenvalue weighted by molar-refractivity contribution is 6.09. The fourth-order valence-electron chi connectivity index (χ4n) is 4.68. The average Bonchev–Trinajstić information content (AvgIpc) is 3.20. The largest absolute Gasteiger partial charge is 0.368 e. The van der Waals surface area contributed by atoms with Gasteiger partial charge in [0.25, 0.3) is 0 Å². The quantitative estimate of drug-likeness (QED) is 0.722. The van der Waals surface area contributed by atoms with Crippen molar-refractivity contribution in [1.29, 1.82) is 0 Å². The van der Waals surface area contributed by atoms with E-state index in [2.05, 4.69) is 15.5 Å². The Balaban J connectivity index is 1.78. The Morgan fingerprint density at radius 1 is 1.38 bits per heavy atom. The molecule has 24 heavy (non-hydrogen) atoms. The molecule has 0 unspecified atom stereocenters. The average molecular weight is 328 g/mol. The molecule has 7 nitrogen and oxygen atoms in total. The standard InChI is InChI=1S/C17H20N4O3/c18-14(22)9-19-15(23)12-8-10-4-3-7-21(10)17(12)11-5-1-2-6-13(11)20-16(17)24/h1-2,5-6,10,12H,3-4,7-9H2,(H2,18,22)(H,19,23)(H,20,24)/t10-,12+,17+/m1/s1. The lowest BCUT2D eigenvalue weighted by Gasteiger charge is -2.36. The Labute approximate surface area is 139 Å². The van der Waals surface area contributed by atoms with E-state index in [1.807, 2.05) is 24.3 Å². The van der Waals surface area contributed by atoms with Crippen molar-refractivity contribution < 1.29 is 14.4 Å².